The van der Waals surface area contributed by atoms with Crippen molar-refractivity contribution in [2.75, 3.05) is 31.7 Å². The molecule has 1 aromatic rings. The van der Waals surface area contributed by atoms with Crippen molar-refractivity contribution < 1.29 is 9.47 Å². The number of anilines is 1. The maximum absolute atomic E-state index is 5.80. The average Bonchev–Trinajstić information content (AvgIpc) is 2.43. The highest BCUT2D eigenvalue weighted by Crippen LogP contribution is 2.18. The van der Waals surface area contributed by atoms with Crippen LogP contribution in [0.15, 0.2) is 6.07 Å². The van der Waals surface area contributed by atoms with Gasteiger partial charge in [0.2, 0.25) is 5.88 Å². The Morgan fingerprint density at radius 2 is 2.16 bits per heavy atom. The monoisotopic (exact) mass is 265 g/mol. The van der Waals surface area contributed by atoms with Crippen molar-refractivity contribution >= 4 is 5.82 Å². The van der Waals surface area contributed by atoms with Gasteiger partial charge in [0, 0.05) is 25.8 Å². The molecule has 5 heteroatoms. The molecule has 106 valence electrons. The quantitative estimate of drug-likeness (QED) is 0.856. The molecule has 5 nitrogen and oxygen atoms in total. The summed E-state index contributed by atoms with van der Waals surface area (Å²) in [6, 6.07) is 1.88. The van der Waals surface area contributed by atoms with E-state index in [1.54, 1.807) is 0 Å². The summed E-state index contributed by atoms with van der Waals surface area (Å²) in [7, 11) is 0. The second-order valence-electron chi connectivity index (χ2n) is 4.93. The Morgan fingerprint density at radius 1 is 1.37 bits per heavy atom. The second-order valence-corrected chi connectivity index (χ2v) is 4.93. The molecule has 0 bridgehead atoms. The number of ether oxygens (including phenoxy) is 2. The second kappa shape index (κ2) is 7.28. The predicted molar refractivity (Wildman–Crippen MR) is 74.6 cm³/mol. The van der Waals surface area contributed by atoms with Crippen LogP contribution in [0.4, 0.5) is 5.82 Å². The summed E-state index contributed by atoms with van der Waals surface area (Å²) in [5.41, 5.74) is 0. The van der Waals surface area contributed by atoms with E-state index in [1.165, 1.54) is 0 Å². The van der Waals surface area contributed by atoms with Gasteiger partial charge in [0.15, 0.2) is 0 Å². The minimum absolute atomic E-state index is 0.580. The normalized spacial score (nSPS) is 16.3. The summed E-state index contributed by atoms with van der Waals surface area (Å²) < 4.78 is 11.1. The molecule has 0 aliphatic carbocycles. The van der Waals surface area contributed by atoms with Crippen molar-refractivity contribution in [2.45, 2.75) is 33.1 Å². The summed E-state index contributed by atoms with van der Waals surface area (Å²) in [6.45, 7) is 7.34. The molecule has 1 aromatic heterocycles. The van der Waals surface area contributed by atoms with Gasteiger partial charge in [-0.3, -0.25) is 0 Å². The van der Waals surface area contributed by atoms with Crippen LogP contribution in [0.1, 0.15) is 32.0 Å². The van der Waals surface area contributed by atoms with Gasteiger partial charge in [-0.15, -0.1) is 0 Å². The smallest absolute Gasteiger partial charge is 0.218 e. The molecular weight excluding hydrogens is 242 g/mol. The third-order valence-electron chi connectivity index (χ3n) is 3.18. The van der Waals surface area contributed by atoms with Crippen molar-refractivity contribution in [1.82, 2.24) is 9.97 Å². The molecule has 0 atom stereocenters. The molecule has 1 fully saturated rings. The first kappa shape index (κ1) is 14.1. The van der Waals surface area contributed by atoms with Gasteiger partial charge in [-0.1, -0.05) is 6.92 Å². The van der Waals surface area contributed by atoms with Crippen LogP contribution < -0.4 is 10.1 Å². The molecule has 1 aliphatic rings. The predicted octanol–water partition coefficient (Wildman–Crippen LogP) is 2.41. The summed E-state index contributed by atoms with van der Waals surface area (Å²) in [4.78, 5) is 8.67. The van der Waals surface area contributed by atoms with Crippen LogP contribution in [-0.2, 0) is 4.74 Å². The number of aromatic nitrogens is 2. The fraction of sp³-hybridized carbons (Fsp3) is 0.714. The standard InChI is InChI=1S/C14H23N3O2/c1-3-6-15-13-9-14(17-11(2)16-13)19-10-12-4-7-18-8-5-12/h9,12H,3-8,10H2,1-2H3,(H,15,16,17). The van der Waals surface area contributed by atoms with Gasteiger partial charge in [0.1, 0.15) is 11.6 Å². The van der Waals surface area contributed by atoms with Gasteiger partial charge in [0.25, 0.3) is 0 Å². The Balaban J connectivity index is 1.89. The van der Waals surface area contributed by atoms with Crippen LogP contribution in [-0.4, -0.2) is 36.3 Å². The van der Waals surface area contributed by atoms with E-state index < -0.39 is 0 Å². The molecule has 0 saturated carbocycles. The molecule has 0 unspecified atom stereocenters. The Hall–Kier alpha value is -1.36. The largest absolute Gasteiger partial charge is 0.477 e. The van der Waals surface area contributed by atoms with Crippen LogP contribution in [0.3, 0.4) is 0 Å². The number of nitrogens with one attached hydrogen (secondary N) is 1. The maximum Gasteiger partial charge on any atom is 0.218 e. The molecule has 0 amide bonds. The molecule has 0 radical (unpaired) electrons. The lowest BCUT2D eigenvalue weighted by Gasteiger charge is -2.21. The zero-order valence-electron chi connectivity index (χ0n) is 11.8. The highest BCUT2D eigenvalue weighted by molar-refractivity contribution is 5.38. The Morgan fingerprint density at radius 3 is 2.89 bits per heavy atom. The topological polar surface area (TPSA) is 56.3 Å². The Bertz CT molecular complexity index is 392. The fourth-order valence-corrected chi connectivity index (χ4v) is 2.07. The van der Waals surface area contributed by atoms with E-state index in [2.05, 4.69) is 22.2 Å². The average molecular weight is 265 g/mol. The van der Waals surface area contributed by atoms with Crippen molar-refractivity contribution in [3.8, 4) is 5.88 Å². The third kappa shape index (κ3) is 4.67. The molecule has 0 spiro atoms. The van der Waals surface area contributed by atoms with Gasteiger partial charge in [-0.05, 0) is 32.1 Å². The molecule has 1 saturated heterocycles. The van der Waals surface area contributed by atoms with Crippen molar-refractivity contribution in [2.24, 2.45) is 5.92 Å². The van der Waals surface area contributed by atoms with Gasteiger partial charge in [0.05, 0.1) is 6.61 Å². The number of nitrogens with zero attached hydrogens (tertiary/aromatic N) is 2. The third-order valence-corrected chi connectivity index (χ3v) is 3.18. The van der Waals surface area contributed by atoms with Gasteiger partial charge in [-0.2, -0.15) is 4.98 Å². The van der Waals surface area contributed by atoms with E-state index in [4.69, 9.17) is 9.47 Å². The molecule has 2 rings (SSSR count). The van der Waals surface area contributed by atoms with Crippen molar-refractivity contribution in [1.29, 1.82) is 0 Å². The maximum atomic E-state index is 5.80. The lowest BCUT2D eigenvalue weighted by molar-refractivity contribution is 0.0490. The number of rotatable bonds is 6. The minimum atomic E-state index is 0.580. The molecule has 19 heavy (non-hydrogen) atoms. The number of hydrogen-bond acceptors (Lipinski definition) is 5. The lowest BCUT2D eigenvalue weighted by atomic mass is 10.0. The van der Waals surface area contributed by atoms with Crippen LogP contribution >= 0.6 is 0 Å². The van der Waals surface area contributed by atoms with E-state index in [1.807, 2.05) is 13.0 Å². The van der Waals surface area contributed by atoms with Gasteiger partial charge < -0.3 is 14.8 Å². The lowest BCUT2D eigenvalue weighted by Crippen LogP contribution is -2.21. The molecule has 0 aromatic carbocycles. The zero-order chi connectivity index (χ0) is 13.5. The van der Waals surface area contributed by atoms with Crippen LogP contribution in [0, 0.1) is 12.8 Å². The summed E-state index contributed by atoms with van der Waals surface area (Å²) in [5, 5.41) is 3.26. The highest BCUT2D eigenvalue weighted by atomic mass is 16.5. The van der Waals surface area contributed by atoms with E-state index in [-0.39, 0.29) is 0 Å². The Kier molecular flexibility index (Phi) is 5.39. The van der Waals surface area contributed by atoms with E-state index in [9.17, 15) is 0 Å². The highest BCUT2D eigenvalue weighted by Gasteiger charge is 2.15. The van der Waals surface area contributed by atoms with Crippen LogP contribution in [0.25, 0.3) is 0 Å². The minimum Gasteiger partial charge on any atom is -0.477 e. The summed E-state index contributed by atoms with van der Waals surface area (Å²) in [5.74, 6) is 2.83. The first-order valence-electron chi connectivity index (χ1n) is 7.08. The van der Waals surface area contributed by atoms with E-state index in [0.717, 1.165) is 50.7 Å². The van der Waals surface area contributed by atoms with E-state index >= 15 is 0 Å². The van der Waals surface area contributed by atoms with Crippen LogP contribution in [0.5, 0.6) is 5.88 Å². The van der Waals surface area contributed by atoms with Gasteiger partial charge in [-0.25, -0.2) is 4.98 Å². The van der Waals surface area contributed by atoms with Crippen molar-refractivity contribution in [3.05, 3.63) is 11.9 Å². The Labute approximate surface area is 114 Å². The first-order valence-corrected chi connectivity index (χ1v) is 7.08. The van der Waals surface area contributed by atoms with Gasteiger partial charge >= 0.3 is 0 Å². The number of aryl methyl sites for hydroxylation is 1. The van der Waals surface area contributed by atoms with E-state index in [0.29, 0.717) is 18.4 Å². The summed E-state index contributed by atoms with van der Waals surface area (Å²) in [6.07, 6.45) is 3.22. The SMILES string of the molecule is CCCNc1cc(OCC2CCOCC2)nc(C)n1. The first-order chi connectivity index (χ1) is 9.28. The van der Waals surface area contributed by atoms with Crippen molar-refractivity contribution in [3.63, 3.8) is 0 Å². The fourth-order valence-electron chi connectivity index (χ4n) is 2.07. The molecule has 1 aliphatic heterocycles. The molecule has 1 N–H and O–H groups in total. The molecular formula is C14H23N3O2. The zero-order valence-corrected chi connectivity index (χ0v) is 11.8. The van der Waals surface area contributed by atoms with Crippen LogP contribution in [0.2, 0.25) is 0 Å². The number of hydrogen-bond donors (Lipinski definition) is 1. The summed E-state index contributed by atoms with van der Waals surface area (Å²) >= 11 is 0. The molecule has 2 heterocycles.